The molecule has 2 aromatic carbocycles. The Labute approximate surface area is 207 Å². The van der Waals surface area contributed by atoms with E-state index in [9.17, 15) is 18.0 Å². The minimum Gasteiger partial charge on any atom is -0.370 e. The van der Waals surface area contributed by atoms with Crippen molar-refractivity contribution in [1.82, 2.24) is 9.62 Å². The maximum Gasteiger partial charge on any atom is 0.251 e. The molecule has 2 amide bonds. The van der Waals surface area contributed by atoms with Gasteiger partial charge in [0.25, 0.3) is 5.91 Å². The molecule has 0 atom stereocenters. The number of nitrogens with zero attached hydrogens (tertiary/aromatic N) is 2. The first kappa shape index (κ1) is 25.2. The lowest BCUT2D eigenvalue weighted by atomic mass is 10.1. The Balaban J connectivity index is 1.53. The number of hydrogen-bond donors (Lipinski definition) is 2. The van der Waals surface area contributed by atoms with Gasteiger partial charge in [0.15, 0.2) is 0 Å². The summed E-state index contributed by atoms with van der Waals surface area (Å²) in [4.78, 5) is 26.7. The van der Waals surface area contributed by atoms with Gasteiger partial charge in [-0.2, -0.15) is 4.31 Å². The fourth-order valence-electron chi connectivity index (χ4n) is 4.80. The molecule has 3 N–H and O–H groups in total. The van der Waals surface area contributed by atoms with E-state index in [-0.39, 0.29) is 10.8 Å². The van der Waals surface area contributed by atoms with Gasteiger partial charge >= 0.3 is 0 Å². The van der Waals surface area contributed by atoms with Crippen molar-refractivity contribution in [2.24, 2.45) is 5.73 Å². The number of sulfonamides is 1. The van der Waals surface area contributed by atoms with E-state index >= 15 is 0 Å². The number of benzene rings is 2. The molecule has 0 saturated carbocycles. The SMILES string of the molecule is NC(=O)c1cccc(CCNC(=O)c2ccc(N3CCCCC3)c(S(=O)(=O)N3CCCCC3)c2)c1. The molecule has 0 aromatic heterocycles. The molecule has 2 aromatic rings. The molecule has 2 fully saturated rings. The van der Waals surface area contributed by atoms with E-state index in [0.29, 0.717) is 42.9 Å². The van der Waals surface area contributed by atoms with E-state index in [1.165, 1.54) is 6.07 Å². The summed E-state index contributed by atoms with van der Waals surface area (Å²) in [6, 6.07) is 12.0. The molecule has 188 valence electrons. The third-order valence-electron chi connectivity index (χ3n) is 6.76. The van der Waals surface area contributed by atoms with Gasteiger partial charge in [-0.25, -0.2) is 8.42 Å². The highest BCUT2D eigenvalue weighted by molar-refractivity contribution is 7.89. The number of anilines is 1. The Morgan fingerprint density at radius 1 is 0.857 bits per heavy atom. The third-order valence-corrected chi connectivity index (χ3v) is 8.69. The Morgan fingerprint density at radius 3 is 2.23 bits per heavy atom. The second-order valence-corrected chi connectivity index (χ2v) is 11.2. The van der Waals surface area contributed by atoms with E-state index < -0.39 is 15.9 Å². The van der Waals surface area contributed by atoms with Crippen molar-refractivity contribution in [3.05, 3.63) is 59.2 Å². The van der Waals surface area contributed by atoms with Gasteiger partial charge in [0.1, 0.15) is 4.90 Å². The average molecular weight is 499 g/mol. The number of nitrogens with two attached hydrogens (primary N) is 1. The Hall–Kier alpha value is -2.91. The van der Waals surface area contributed by atoms with Crippen molar-refractivity contribution in [2.75, 3.05) is 37.6 Å². The molecule has 2 aliphatic heterocycles. The Kier molecular flexibility index (Phi) is 8.07. The van der Waals surface area contributed by atoms with Crippen LogP contribution in [-0.2, 0) is 16.4 Å². The highest BCUT2D eigenvalue weighted by Gasteiger charge is 2.31. The van der Waals surface area contributed by atoms with Crippen LogP contribution in [0.15, 0.2) is 47.4 Å². The fraction of sp³-hybridized carbons (Fsp3) is 0.462. The zero-order chi connectivity index (χ0) is 24.8. The van der Waals surface area contributed by atoms with E-state index in [1.54, 1.807) is 34.6 Å². The molecular weight excluding hydrogens is 464 g/mol. The lowest BCUT2D eigenvalue weighted by Crippen LogP contribution is -2.38. The predicted molar refractivity (Wildman–Crippen MR) is 136 cm³/mol. The van der Waals surface area contributed by atoms with Crippen molar-refractivity contribution in [1.29, 1.82) is 0 Å². The highest BCUT2D eigenvalue weighted by atomic mass is 32.2. The molecule has 0 bridgehead atoms. The van der Waals surface area contributed by atoms with Crippen molar-refractivity contribution < 1.29 is 18.0 Å². The van der Waals surface area contributed by atoms with Gasteiger partial charge in [-0.15, -0.1) is 0 Å². The van der Waals surface area contributed by atoms with Crippen molar-refractivity contribution in [3.63, 3.8) is 0 Å². The van der Waals surface area contributed by atoms with Crippen LogP contribution in [0.4, 0.5) is 5.69 Å². The first-order chi connectivity index (χ1) is 16.9. The van der Waals surface area contributed by atoms with Gasteiger partial charge in [0, 0.05) is 43.9 Å². The maximum atomic E-state index is 13.6. The minimum absolute atomic E-state index is 0.225. The lowest BCUT2D eigenvalue weighted by Gasteiger charge is -2.33. The largest absolute Gasteiger partial charge is 0.370 e. The van der Waals surface area contributed by atoms with Crippen molar-refractivity contribution >= 4 is 27.5 Å². The van der Waals surface area contributed by atoms with Gasteiger partial charge in [-0.1, -0.05) is 18.6 Å². The lowest BCUT2D eigenvalue weighted by molar-refractivity contribution is 0.0952. The third kappa shape index (κ3) is 6.02. The molecule has 2 saturated heterocycles. The van der Waals surface area contributed by atoms with E-state index in [0.717, 1.165) is 57.2 Å². The van der Waals surface area contributed by atoms with Crippen LogP contribution in [0.3, 0.4) is 0 Å². The smallest absolute Gasteiger partial charge is 0.251 e. The zero-order valence-corrected chi connectivity index (χ0v) is 20.9. The number of primary amides is 1. The van der Waals surface area contributed by atoms with Crippen LogP contribution >= 0.6 is 0 Å². The van der Waals surface area contributed by atoms with E-state index in [1.807, 2.05) is 6.07 Å². The minimum atomic E-state index is -3.71. The zero-order valence-electron chi connectivity index (χ0n) is 20.0. The molecule has 8 nitrogen and oxygen atoms in total. The van der Waals surface area contributed by atoms with Crippen molar-refractivity contribution in [3.8, 4) is 0 Å². The normalized spacial score (nSPS) is 17.2. The monoisotopic (exact) mass is 498 g/mol. The summed E-state index contributed by atoms with van der Waals surface area (Å²) in [5.74, 6) is -0.816. The van der Waals surface area contributed by atoms with Crippen LogP contribution in [0.25, 0.3) is 0 Å². The standard InChI is InChI=1S/C26H34N4O4S/c27-25(31)21-9-7-8-20(18-21)12-13-28-26(32)22-10-11-23(29-14-3-1-4-15-29)24(19-22)35(33,34)30-16-5-2-6-17-30/h7-11,18-19H,1-6,12-17H2,(H2,27,31)(H,28,32). The summed E-state index contributed by atoms with van der Waals surface area (Å²) >= 11 is 0. The van der Waals surface area contributed by atoms with Gasteiger partial charge in [-0.3, -0.25) is 9.59 Å². The molecule has 35 heavy (non-hydrogen) atoms. The number of piperidine rings is 2. The number of rotatable bonds is 8. The molecule has 2 aliphatic rings. The predicted octanol–water partition coefficient (Wildman–Crippen LogP) is 2.92. The van der Waals surface area contributed by atoms with Crippen LogP contribution in [-0.4, -0.2) is 57.3 Å². The summed E-state index contributed by atoms with van der Waals surface area (Å²) in [5.41, 5.74) is 7.67. The number of carbonyl (C=O) groups is 2. The second-order valence-electron chi connectivity index (χ2n) is 9.27. The molecule has 2 heterocycles. The first-order valence-corrected chi connectivity index (χ1v) is 13.9. The molecular formula is C26H34N4O4S. The average Bonchev–Trinajstić information content (AvgIpc) is 2.89. The van der Waals surface area contributed by atoms with Gasteiger partial charge in [0.05, 0.1) is 5.69 Å². The van der Waals surface area contributed by atoms with Gasteiger partial charge < -0.3 is 16.0 Å². The summed E-state index contributed by atoms with van der Waals surface area (Å²) in [6.45, 7) is 3.02. The summed E-state index contributed by atoms with van der Waals surface area (Å²) in [6.07, 6.45) is 6.48. The molecule has 0 aliphatic carbocycles. The van der Waals surface area contributed by atoms with Crippen molar-refractivity contribution in [2.45, 2.75) is 49.8 Å². The molecule has 0 spiro atoms. The van der Waals surface area contributed by atoms with Crippen LogP contribution in [0.5, 0.6) is 0 Å². The maximum absolute atomic E-state index is 13.6. The van der Waals surface area contributed by atoms with Gasteiger partial charge in [-0.05, 0) is 74.4 Å². The molecule has 4 rings (SSSR count). The quantitative estimate of drug-likeness (QED) is 0.581. The topological polar surface area (TPSA) is 113 Å². The van der Waals surface area contributed by atoms with Gasteiger partial charge in [0.2, 0.25) is 15.9 Å². The van der Waals surface area contributed by atoms with E-state index in [4.69, 9.17) is 5.73 Å². The second kappa shape index (κ2) is 11.2. The van der Waals surface area contributed by atoms with Crippen LogP contribution in [0, 0.1) is 0 Å². The van der Waals surface area contributed by atoms with Crippen LogP contribution in [0.2, 0.25) is 0 Å². The van der Waals surface area contributed by atoms with E-state index in [2.05, 4.69) is 10.2 Å². The highest BCUT2D eigenvalue weighted by Crippen LogP contribution is 2.32. The number of carbonyl (C=O) groups excluding carboxylic acids is 2. The van der Waals surface area contributed by atoms with Crippen LogP contribution in [0.1, 0.15) is 64.8 Å². The molecule has 0 radical (unpaired) electrons. The number of nitrogens with one attached hydrogen (secondary N) is 1. The summed E-state index contributed by atoms with van der Waals surface area (Å²) in [5, 5.41) is 2.88. The Bertz CT molecular complexity index is 1170. The molecule has 9 heteroatoms. The molecule has 0 unspecified atom stereocenters. The fourth-order valence-corrected chi connectivity index (χ4v) is 6.56. The first-order valence-electron chi connectivity index (χ1n) is 12.4. The number of amides is 2. The van der Waals surface area contributed by atoms with Crippen LogP contribution < -0.4 is 16.0 Å². The number of hydrogen-bond acceptors (Lipinski definition) is 5. The summed E-state index contributed by atoms with van der Waals surface area (Å²) in [7, 11) is -3.71. The summed E-state index contributed by atoms with van der Waals surface area (Å²) < 4.78 is 28.8. The Morgan fingerprint density at radius 2 is 1.54 bits per heavy atom.